The fraction of sp³-hybridized carbons (Fsp3) is 0.0667. The first-order chi connectivity index (χ1) is 17.6. The van der Waals surface area contributed by atoms with Gasteiger partial charge in [0.1, 0.15) is 5.75 Å². The smallest absolute Gasteiger partial charge is 0.424 e. The summed E-state index contributed by atoms with van der Waals surface area (Å²) in [6, 6.07) is 30.5. The van der Waals surface area contributed by atoms with E-state index in [1.807, 2.05) is 60.7 Å². The molecule has 6 heteroatoms. The van der Waals surface area contributed by atoms with Gasteiger partial charge in [0.2, 0.25) is 0 Å². The Kier molecular flexibility index (Phi) is 7.78. The Bertz CT molecular complexity index is 1310. The fourth-order valence-electron chi connectivity index (χ4n) is 3.55. The lowest BCUT2D eigenvalue weighted by molar-refractivity contribution is 0.104. The molecule has 0 aliphatic rings. The molecular weight excluding hydrogens is 454 g/mol. The average Bonchev–Trinajstić information content (AvgIpc) is 2.93. The molecule has 180 valence electrons. The second-order valence-electron chi connectivity index (χ2n) is 7.71. The van der Waals surface area contributed by atoms with Crippen LogP contribution in [0.4, 0.5) is 16.2 Å². The molecule has 6 nitrogen and oxygen atoms in total. The van der Waals surface area contributed by atoms with E-state index in [-0.39, 0.29) is 11.5 Å². The third kappa shape index (κ3) is 5.80. The first-order valence-corrected chi connectivity index (χ1v) is 11.3. The van der Waals surface area contributed by atoms with Gasteiger partial charge in [-0.1, -0.05) is 48.5 Å². The largest absolute Gasteiger partial charge is 0.497 e. The minimum atomic E-state index is -0.580. The van der Waals surface area contributed by atoms with E-state index in [0.29, 0.717) is 28.4 Å². The maximum Gasteiger partial charge on any atom is 0.424 e. The quantitative estimate of drug-likeness (QED) is 0.202. The Hall–Kier alpha value is -4.84. The van der Waals surface area contributed by atoms with E-state index in [1.165, 1.54) is 18.1 Å². The Morgan fingerprint density at radius 2 is 1.31 bits per heavy atom. The van der Waals surface area contributed by atoms with Gasteiger partial charge >= 0.3 is 6.09 Å². The van der Waals surface area contributed by atoms with Gasteiger partial charge in [-0.2, -0.15) is 0 Å². The van der Waals surface area contributed by atoms with E-state index >= 15 is 0 Å². The van der Waals surface area contributed by atoms with Gasteiger partial charge in [-0.05, 0) is 72.3 Å². The summed E-state index contributed by atoms with van der Waals surface area (Å²) in [6.45, 7) is 0. The van der Waals surface area contributed by atoms with Crippen LogP contribution in [0.2, 0.25) is 0 Å². The highest BCUT2D eigenvalue weighted by Crippen LogP contribution is 2.32. The van der Waals surface area contributed by atoms with Crippen LogP contribution < -0.4 is 19.1 Å². The van der Waals surface area contributed by atoms with Crippen LogP contribution >= 0.6 is 0 Å². The van der Waals surface area contributed by atoms with Crippen molar-refractivity contribution in [2.45, 2.75) is 0 Å². The number of methoxy groups -OCH3 is 2. The van der Waals surface area contributed by atoms with Crippen LogP contribution in [0, 0.1) is 0 Å². The average molecular weight is 480 g/mol. The van der Waals surface area contributed by atoms with E-state index in [2.05, 4.69) is 0 Å². The number of amides is 1. The van der Waals surface area contributed by atoms with Crippen LogP contribution in [0.15, 0.2) is 109 Å². The molecule has 0 heterocycles. The number of hydrogen-bond donors (Lipinski definition) is 0. The summed E-state index contributed by atoms with van der Waals surface area (Å²) in [5.74, 6) is 1.17. The van der Waals surface area contributed by atoms with Crippen molar-refractivity contribution in [2.75, 3.05) is 19.1 Å². The predicted octanol–water partition coefficient (Wildman–Crippen LogP) is 6.94. The number of ketones is 1. The van der Waals surface area contributed by atoms with Crippen LogP contribution in [0.5, 0.6) is 17.2 Å². The second-order valence-corrected chi connectivity index (χ2v) is 7.71. The number of anilines is 2. The lowest BCUT2D eigenvalue weighted by Gasteiger charge is -2.22. The molecule has 1 amide bonds. The van der Waals surface area contributed by atoms with Crippen molar-refractivity contribution in [3.05, 3.63) is 120 Å². The molecule has 4 aromatic rings. The van der Waals surface area contributed by atoms with Crippen LogP contribution in [0.25, 0.3) is 6.08 Å². The Morgan fingerprint density at radius 3 is 1.86 bits per heavy atom. The van der Waals surface area contributed by atoms with E-state index in [4.69, 9.17) is 14.2 Å². The highest BCUT2D eigenvalue weighted by atomic mass is 16.6. The van der Waals surface area contributed by atoms with Gasteiger partial charge in [-0.25, -0.2) is 9.69 Å². The number of nitrogens with zero attached hydrogens (tertiary/aromatic N) is 1. The Labute approximate surface area is 210 Å². The number of carbonyl (C=O) groups excluding carboxylic acids is 2. The molecule has 0 N–H and O–H groups in total. The number of benzene rings is 4. The van der Waals surface area contributed by atoms with Crippen LogP contribution in [0.1, 0.15) is 15.9 Å². The summed E-state index contributed by atoms with van der Waals surface area (Å²) >= 11 is 0. The van der Waals surface area contributed by atoms with Crippen LogP contribution in [0.3, 0.4) is 0 Å². The summed E-state index contributed by atoms with van der Waals surface area (Å²) in [5, 5.41) is 0. The number of allylic oxidation sites excluding steroid dienone is 1. The second kappa shape index (κ2) is 11.5. The molecule has 0 saturated carbocycles. The first-order valence-electron chi connectivity index (χ1n) is 11.3. The standard InChI is InChI=1S/C30H25NO5/c1-34-26-17-15-23(16-18-26)27(32)19-13-22-14-20-28(29(21-22)35-2)36-30(33)31(24-9-5-3-6-10-24)25-11-7-4-8-12-25/h3-21H,1-2H3. The third-order valence-electron chi connectivity index (χ3n) is 5.40. The molecule has 36 heavy (non-hydrogen) atoms. The maximum atomic E-state index is 13.3. The van der Waals surface area contributed by atoms with Crippen molar-refractivity contribution < 1.29 is 23.8 Å². The number of carbonyl (C=O) groups is 2. The molecule has 0 aromatic heterocycles. The molecule has 0 atom stereocenters. The Balaban J connectivity index is 1.53. The van der Waals surface area contributed by atoms with Gasteiger partial charge in [0.15, 0.2) is 17.3 Å². The highest BCUT2D eigenvalue weighted by Gasteiger charge is 2.21. The van der Waals surface area contributed by atoms with Crippen molar-refractivity contribution in [1.82, 2.24) is 0 Å². The minimum Gasteiger partial charge on any atom is -0.497 e. The first kappa shape index (κ1) is 24.3. The summed E-state index contributed by atoms with van der Waals surface area (Å²) in [6.07, 6.45) is 2.58. The lowest BCUT2D eigenvalue weighted by atomic mass is 10.1. The van der Waals surface area contributed by atoms with Crippen molar-refractivity contribution in [3.8, 4) is 17.2 Å². The molecule has 4 rings (SSSR count). The molecule has 0 bridgehead atoms. The third-order valence-corrected chi connectivity index (χ3v) is 5.40. The van der Waals surface area contributed by atoms with Crippen molar-refractivity contribution in [2.24, 2.45) is 0 Å². The zero-order valence-corrected chi connectivity index (χ0v) is 20.0. The summed E-state index contributed by atoms with van der Waals surface area (Å²) in [7, 11) is 3.07. The molecule has 0 fully saturated rings. The molecule has 0 saturated heterocycles. The molecule has 0 unspecified atom stereocenters. The summed E-state index contributed by atoms with van der Waals surface area (Å²) in [4.78, 5) is 27.2. The van der Waals surface area contributed by atoms with Gasteiger partial charge in [0, 0.05) is 5.56 Å². The molecule has 0 aliphatic heterocycles. The topological polar surface area (TPSA) is 65.1 Å². The predicted molar refractivity (Wildman–Crippen MR) is 140 cm³/mol. The van der Waals surface area contributed by atoms with E-state index in [0.717, 1.165) is 5.56 Å². The Morgan fingerprint density at radius 1 is 0.694 bits per heavy atom. The summed E-state index contributed by atoms with van der Waals surface area (Å²) < 4.78 is 16.3. The van der Waals surface area contributed by atoms with Gasteiger partial charge < -0.3 is 14.2 Å². The summed E-state index contributed by atoms with van der Waals surface area (Å²) in [5.41, 5.74) is 2.61. The van der Waals surface area contributed by atoms with E-state index in [9.17, 15) is 9.59 Å². The SMILES string of the molecule is COc1ccc(C(=O)C=Cc2ccc(OC(=O)N(c3ccccc3)c3ccccc3)c(OC)c2)cc1. The number of para-hydroxylation sites is 2. The number of ether oxygens (including phenoxy) is 3. The highest BCUT2D eigenvalue weighted by molar-refractivity contribution is 6.07. The van der Waals surface area contributed by atoms with Gasteiger partial charge in [-0.15, -0.1) is 0 Å². The maximum absolute atomic E-state index is 13.3. The van der Waals surface area contributed by atoms with Gasteiger partial charge in [0.05, 0.1) is 25.6 Å². The molecule has 4 aromatic carbocycles. The van der Waals surface area contributed by atoms with Gasteiger partial charge in [-0.3, -0.25) is 4.79 Å². The van der Waals surface area contributed by atoms with Crippen molar-refractivity contribution in [1.29, 1.82) is 0 Å². The normalized spacial score (nSPS) is 10.6. The number of rotatable bonds is 8. The molecule has 0 radical (unpaired) electrons. The van der Waals surface area contributed by atoms with Crippen molar-refractivity contribution >= 4 is 29.3 Å². The minimum absolute atomic E-state index is 0.145. The molecular formula is C30H25NO5. The van der Waals surface area contributed by atoms with Crippen LogP contribution in [-0.2, 0) is 0 Å². The molecule has 0 spiro atoms. The molecule has 0 aliphatic carbocycles. The zero-order valence-electron chi connectivity index (χ0n) is 20.0. The van der Waals surface area contributed by atoms with Gasteiger partial charge in [0.25, 0.3) is 0 Å². The van der Waals surface area contributed by atoms with E-state index in [1.54, 1.807) is 55.7 Å². The van der Waals surface area contributed by atoms with E-state index < -0.39 is 6.09 Å². The fourth-order valence-corrected chi connectivity index (χ4v) is 3.55. The monoisotopic (exact) mass is 479 g/mol. The van der Waals surface area contributed by atoms with Crippen LogP contribution in [-0.4, -0.2) is 26.1 Å². The van der Waals surface area contributed by atoms with Crippen molar-refractivity contribution in [3.63, 3.8) is 0 Å². The zero-order chi connectivity index (χ0) is 25.3. The number of hydrogen-bond acceptors (Lipinski definition) is 5. The lowest BCUT2D eigenvalue weighted by Crippen LogP contribution is -2.29.